The molecule has 0 aromatic heterocycles. The van der Waals surface area contributed by atoms with Crippen LogP contribution in [-0.4, -0.2) is 24.3 Å². The van der Waals surface area contributed by atoms with Crippen molar-refractivity contribution in [3.05, 3.63) is 88.2 Å². The van der Waals surface area contributed by atoms with E-state index in [4.69, 9.17) is 0 Å². The van der Waals surface area contributed by atoms with Crippen LogP contribution in [0.2, 0.25) is 0 Å². The average Bonchev–Trinajstić information content (AvgIpc) is 2.71. The van der Waals surface area contributed by atoms with E-state index >= 15 is 0 Å². The lowest BCUT2D eigenvalue weighted by Crippen LogP contribution is -2.10. The van der Waals surface area contributed by atoms with Gasteiger partial charge in [-0.05, 0) is 91.0 Å². The fourth-order valence-corrected chi connectivity index (χ4v) is 4.11. The van der Waals surface area contributed by atoms with Gasteiger partial charge in [0.1, 0.15) is 11.6 Å². The van der Waals surface area contributed by atoms with Crippen LogP contribution in [0.1, 0.15) is 32.6 Å². The van der Waals surface area contributed by atoms with Crippen LogP contribution < -0.4 is 4.90 Å². The molecule has 0 aliphatic carbocycles. The van der Waals surface area contributed by atoms with Gasteiger partial charge in [-0.1, -0.05) is 24.3 Å². The monoisotopic (exact) mass is 423 g/mol. The molecule has 0 unspecified atom stereocenters. The van der Waals surface area contributed by atoms with Crippen molar-refractivity contribution >= 4 is 22.6 Å². The van der Waals surface area contributed by atoms with E-state index in [2.05, 4.69) is 6.07 Å². The van der Waals surface area contributed by atoms with Gasteiger partial charge >= 0.3 is 0 Å². The first-order valence-corrected chi connectivity index (χ1v) is 10.6. The number of phenolic OH excluding ortho intramolecular Hbond substituents is 1. The predicted molar refractivity (Wildman–Crippen MR) is 122 cm³/mol. The third-order valence-electron chi connectivity index (χ3n) is 5.02. The lowest BCUT2D eigenvalue weighted by Gasteiger charge is -2.16. The molecule has 0 aliphatic rings. The number of hydrogen-bond acceptors (Lipinski definition) is 4. The molecule has 0 saturated heterocycles. The summed E-state index contributed by atoms with van der Waals surface area (Å²) < 4.78 is 14.0. The lowest BCUT2D eigenvalue weighted by molar-refractivity contribution is 0.108. The number of hydrogen-bond donors (Lipinski definition) is 1. The predicted octanol–water partition coefficient (Wildman–Crippen LogP) is 5.93. The van der Waals surface area contributed by atoms with Gasteiger partial charge in [0, 0.05) is 25.3 Å². The molecule has 0 radical (unpaired) electrons. The van der Waals surface area contributed by atoms with E-state index in [9.17, 15) is 14.3 Å². The van der Waals surface area contributed by atoms with E-state index in [0.29, 0.717) is 16.2 Å². The number of aryl methyl sites for hydroxylation is 4. The number of phenols is 1. The van der Waals surface area contributed by atoms with E-state index in [1.807, 2.05) is 57.1 Å². The lowest BCUT2D eigenvalue weighted by atomic mass is 9.98. The Balaban J connectivity index is 1.84. The van der Waals surface area contributed by atoms with Gasteiger partial charge in [-0.15, -0.1) is 0 Å². The van der Waals surface area contributed by atoms with Crippen LogP contribution in [-0.2, 0) is 12.8 Å². The third-order valence-corrected chi connectivity index (χ3v) is 5.99. The molecule has 1 N–H and O–H groups in total. The number of rotatable bonds is 6. The molecule has 3 nitrogen and oxygen atoms in total. The fourth-order valence-electron chi connectivity index (χ4n) is 3.36. The second-order valence-corrected chi connectivity index (χ2v) is 8.70. The Morgan fingerprint density at radius 3 is 2.17 bits per heavy atom. The van der Waals surface area contributed by atoms with Gasteiger partial charge in [0.2, 0.25) is 5.12 Å². The van der Waals surface area contributed by atoms with Crippen molar-refractivity contribution in [2.45, 2.75) is 31.6 Å². The summed E-state index contributed by atoms with van der Waals surface area (Å²) in [5.41, 5.74) is 5.41. The molecule has 3 rings (SSSR count). The highest BCUT2D eigenvalue weighted by Gasteiger charge is 2.14. The van der Waals surface area contributed by atoms with E-state index in [1.165, 1.54) is 6.07 Å². The SMILES string of the molecule is Cc1cc(CCc2cc(C(=O)Sc3ccccc3F)cc(N(C)C)c2)cc(C)c1O. The van der Waals surface area contributed by atoms with Crippen molar-refractivity contribution in [3.8, 4) is 5.75 Å². The molecule has 30 heavy (non-hydrogen) atoms. The number of benzene rings is 3. The molecule has 0 spiro atoms. The van der Waals surface area contributed by atoms with Crippen LogP contribution in [0.25, 0.3) is 0 Å². The van der Waals surface area contributed by atoms with Gasteiger partial charge in [0.15, 0.2) is 0 Å². The maximum atomic E-state index is 14.0. The van der Waals surface area contributed by atoms with E-state index in [1.54, 1.807) is 18.2 Å². The molecule has 0 amide bonds. The molecule has 0 heterocycles. The minimum Gasteiger partial charge on any atom is -0.507 e. The number of anilines is 1. The largest absolute Gasteiger partial charge is 0.507 e. The van der Waals surface area contributed by atoms with Crippen LogP contribution in [0.4, 0.5) is 10.1 Å². The molecule has 5 heteroatoms. The molecule has 0 aliphatic heterocycles. The first-order chi connectivity index (χ1) is 14.2. The first kappa shape index (κ1) is 21.9. The number of thioether (sulfide) groups is 1. The zero-order valence-corrected chi connectivity index (χ0v) is 18.5. The van der Waals surface area contributed by atoms with Crippen LogP contribution in [0.15, 0.2) is 59.5 Å². The average molecular weight is 424 g/mol. The van der Waals surface area contributed by atoms with Crippen molar-refractivity contribution in [2.24, 2.45) is 0 Å². The zero-order chi connectivity index (χ0) is 21.8. The second kappa shape index (κ2) is 9.35. The summed E-state index contributed by atoms with van der Waals surface area (Å²) in [6.07, 6.45) is 1.56. The summed E-state index contributed by atoms with van der Waals surface area (Å²) in [4.78, 5) is 15.1. The van der Waals surface area contributed by atoms with Gasteiger partial charge in [-0.3, -0.25) is 4.79 Å². The molecule has 3 aromatic rings. The summed E-state index contributed by atoms with van der Waals surface area (Å²) >= 11 is 0.912. The number of aromatic hydroxyl groups is 1. The Bertz CT molecular complexity index is 1060. The van der Waals surface area contributed by atoms with Crippen LogP contribution in [0, 0.1) is 19.7 Å². The summed E-state index contributed by atoms with van der Waals surface area (Å²) in [6.45, 7) is 3.80. The van der Waals surface area contributed by atoms with Gasteiger partial charge in [-0.25, -0.2) is 4.39 Å². The Hall–Kier alpha value is -2.79. The number of nitrogens with zero attached hydrogens (tertiary/aromatic N) is 1. The van der Waals surface area contributed by atoms with Gasteiger partial charge in [0.25, 0.3) is 0 Å². The van der Waals surface area contributed by atoms with Crippen molar-refractivity contribution in [1.82, 2.24) is 0 Å². The van der Waals surface area contributed by atoms with Crippen LogP contribution >= 0.6 is 11.8 Å². The second-order valence-electron chi connectivity index (χ2n) is 7.68. The summed E-state index contributed by atoms with van der Waals surface area (Å²) in [7, 11) is 3.87. The highest BCUT2D eigenvalue weighted by Crippen LogP contribution is 2.29. The Labute approximate surface area is 181 Å². The standard InChI is InChI=1S/C25H26FNO2S/c1-16-11-18(12-17(2)24(16)28)9-10-19-13-20(15-21(14-19)27(3)4)25(29)30-23-8-6-5-7-22(23)26/h5-8,11-15,28H,9-10H2,1-4H3. The Morgan fingerprint density at radius 1 is 0.967 bits per heavy atom. The Kier molecular flexibility index (Phi) is 6.83. The molecular formula is C25H26FNO2S. The summed E-state index contributed by atoms with van der Waals surface area (Å²) in [5.74, 6) is -0.0516. The highest BCUT2D eigenvalue weighted by atomic mass is 32.2. The molecular weight excluding hydrogens is 397 g/mol. The quantitative estimate of drug-likeness (QED) is 0.499. The highest BCUT2D eigenvalue weighted by molar-refractivity contribution is 8.14. The maximum absolute atomic E-state index is 14.0. The van der Waals surface area contributed by atoms with Crippen molar-refractivity contribution in [2.75, 3.05) is 19.0 Å². The van der Waals surface area contributed by atoms with Crippen molar-refractivity contribution in [3.63, 3.8) is 0 Å². The minimum atomic E-state index is -0.391. The molecule has 0 fully saturated rings. The van der Waals surface area contributed by atoms with E-state index < -0.39 is 5.82 Å². The zero-order valence-electron chi connectivity index (χ0n) is 17.7. The summed E-state index contributed by atoms with van der Waals surface area (Å²) in [5, 5.41) is 9.80. The van der Waals surface area contributed by atoms with E-state index in [-0.39, 0.29) is 5.12 Å². The fraction of sp³-hybridized carbons (Fsp3) is 0.240. The number of halogens is 1. The van der Waals surface area contributed by atoms with Crippen LogP contribution in [0.5, 0.6) is 5.75 Å². The van der Waals surface area contributed by atoms with Gasteiger partial charge in [-0.2, -0.15) is 0 Å². The topological polar surface area (TPSA) is 40.5 Å². The van der Waals surface area contributed by atoms with Crippen molar-refractivity contribution < 1.29 is 14.3 Å². The minimum absolute atomic E-state index is 0.179. The third kappa shape index (κ3) is 5.22. The Morgan fingerprint density at radius 2 is 1.57 bits per heavy atom. The summed E-state index contributed by atoms with van der Waals surface area (Å²) in [6, 6.07) is 16.1. The van der Waals surface area contributed by atoms with E-state index in [0.717, 1.165) is 52.5 Å². The van der Waals surface area contributed by atoms with Gasteiger partial charge < -0.3 is 10.0 Å². The molecule has 156 valence electrons. The first-order valence-electron chi connectivity index (χ1n) is 9.81. The maximum Gasteiger partial charge on any atom is 0.224 e. The van der Waals surface area contributed by atoms with Crippen LogP contribution in [0.3, 0.4) is 0 Å². The molecule has 0 bridgehead atoms. The normalized spacial score (nSPS) is 10.8. The molecule has 0 atom stereocenters. The smallest absolute Gasteiger partial charge is 0.224 e. The molecule has 0 saturated carbocycles. The van der Waals surface area contributed by atoms with Gasteiger partial charge in [0.05, 0.1) is 4.90 Å². The molecule has 3 aromatic carbocycles. The number of carbonyl (C=O) groups excluding carboxylic acids is 1. The van der Waals surface area contributed by atoms with Crippen molar-refractivity contribution in [1.29, 1.82) is 0 Å². The number of carbonyl (C=O) groups is 1.